The molecule has 2 saturated carbocycles. The monoisotopic (exact) mass is 271 g/mol. The van der Waals surface area contributed by atoms with Crippen LogP contribution in [-0.2, 0) is 4.79 Å². The highest BCUT2D eigenvalue weighted by Gasteiger charge is 2.59. The topological polar surface area (TPSA) is 40.9 Å². The van der Waals surface area contributed by atoms with Crippen LogP contribution < -0.4 is 0 Å². The summed E-state index contributed by atoms with van der Waals surface area (Å²) in [6.07, 6.45) is 9.22. The Hall–Kier alpha value is -1.10. The number of nitrogens with zero attached hydrogens (tertiary/aromatic N) is 1. The quantitative estimate of drug-likeness (QED) is 0.612. The first kappa shape index (κ1) is 13.9. The summed E-state index contributed by atoms with van der Waals surface area (Å²) in [6, 6.07) is 2.66. The predicted octanol–water partition coefficient (Wildman–Crippen LogP) is 4.41. The highest BCUT2D eigenvalue weighted by molar-refractivity contribution is 5.85. The van der Waals surface area contributed by atoms with E-state index in [0.717, 1.165) is 38.5 Å². The standard InChI is InChI=1S/C18H25NO/c1-16(2)13-7-11-18(12-19)9-5-4-6-14(18)17(13,3)10-8-15(16)20/h6,13H,4-5,7-11H2,1-3H3/t13?,17-,18+/m0/s1. The van der Waals surface area contributed by atoms with Crippen LogP contribution in [0.2, 0.25) is 0 Å². The van der Waals surface area contributed by atoms with E-state index in [1.807, 2.05) is 0 Å². The summed E-state index contributed by atoms with van der Waals surface area (Å²) < 4.78 is 0. The van der Waals surface area contributed by atoms with Crippen molar-refractivity contribution in [2.24, 2.45) is 22.2 Å². The molecule has 0 aromatic rings. The van der Waals surface area contributed by atoms with Crippen LogP contribution in [-0.4, -0.2) is 5.78 Å². The third kappa shape index (κ3) is 1.59. The minimum atomic E-state index is -0.229. The Kier molecular flexibility index (Phi) is 2.91. The van der Waals surface area contributed by atoms with Gasteiger partial charge in [0.2, 0.25) is 0 Å². The van der Waals surface area contributed by atoms with Crippen LogP contribution in [0.25, 0.3) is 0 Å². The summed E-state index contributed by atoms with van der Waals surface area (Å²) in [5, 5.41) is 9.81. The van der Waals surface area contributed by atoms with Gasteiger partial charge in [0.15, 0.2) is 0 Å². The number of Topliss-reactive ketones (excluding diaryl/α,β-unsaturated/α-hetero) is 1. The normalized spacial score (nSPS) is 43.0. The van der Waals surface area contributed by atoms with Crippen molar-refractivity contribution in [3.8, 4) is 6.07 Å². The van der Waals surface area contributed by atoms with E-state index >= 15 is 0 Å². The Morgan fingerprint density at radius 2 is 2.00 bits per heavy atom. The van der Waals surface area contributed by atoms with E-state index in [-0.39, 0.29) is 16.2 Å². The van der Waals surface area contributed by atoms with Crippen molar-refractivity contribution >= 4 is 5.78 Å². The largest absolute Gasteiger partial charge is 0.299 e. The Bertz CT molecular complexity index is 524. The van der Waals surface area contributed by atoms with Gasteiger partial charge in [0.05, 0.1) is 11.5 Å². The Morgan fingerprint density at radius 1 is 1.25 bits per heavy atom. The van der Waals surface area contributed by atoms with Gasteiger partial charge in [-0.15, -0.1) is 0 Å². The summed E-state index contributed by atoms with van der Waals surface area (Å²) in [7, 11) is 0. The zero-order chi connectivity index (χ0) is 14.6. The van der Waals surface area contributed by atoms with E-state index in [1.165, 1.54) is 5.57 Å². The van der Waals surface area contributed by atoms with Crippen LogP contribution in [0.5, 0.6) is 0 Å². The number of nitriles is 1. The molecule has 1 unspecified atom stereocenters. The number of hydrogen-bond acceptors (Lipinski definition) is 2. The van der Waals surface area contributed by atoms with Crippen molar-refractivity contribution in [3.05, 3.63) is 11.6 Å². The number of rotatable bonds is 0. The average Bonchev–Trinajstić information content (AvgIpc) is 2.43. The van der Waals surface area contributed by atoms with Crippen LogP contribution in [0.4, 0.5) is 0 Å². The molecule has 108 valence electrons. The number of ketones is 1. The first-order valence-corrected chi connectivity index (χ1v) is 8.02. The second kappa shape index (κ2) is 4.20. The van der Waals surface area contributed by atoms with E-state index < -0.39 is 0 Å². The summed E-state index contributed by atoms with van der Waals surface area (Å²) >= 11 is 0. The highest BCUT2D eigenvalue weighted by Crippen LogP contribution is 2.65. The Morgan fingerprint density at radius 3 is 2.70 bits per heavy atom. The fourth-order valence-electron chi connectivity index (χ4n) is 5.44. The number of fused-ring (bicyclic) bond motifs is 3. The van der Waals surface area contributed by atoms with Gasteiger partial charge in [0.25, 0.3) is 0 Å². The molecule has 0 heterocycles. The van der Waals surface area contributed by atoms with Gasteiger partial charge in [0, 0.05) is 11.8 Å². The van der Waals surface area contributed by atoms with Gasteiger partial charge in [-0.2, -0.15) is 5.26 Å². The lowest BCUT2D eigenvalue weighted by Crippen LogP contribution is -2.54. The van der Waals surface area contributed by atoms with Crippen molar-refractivity contribution in [2.45, 2.75) is 65.7 Å². The molecule has 0 aromatic carbocycles. The molecule has 0 bridgehead atoms. The molecule has 3 aliphatic rings. The average molecular weight is 271 g/mol. The molecule has 0 aliphatic heterocycles. The SMILES string of the molecule is CC1(C)C(=O)CC[C@]2(C)C3=CCCC[C@]3(C#N)CCC12. The van der Waals surface area contributed by atoms with E-state index in [9.17, 15) is 10.1 Å². The first-order valence-electron chi connectivity index (χ1n) is 8.02. The smallest absolute Gasteiger partial charge is 0.138 e. The third-order valence-corrected chi connectivity index (χ3v) is 6.59. The summed E-state index contributed by atoms with van der Waals surface area (Å²) in [5.74, 6) is 0.822. The van der Waals surface area contributed by atoms with Crippen LogP contribution in [0.15, 0.2) is 11.6 Å². The molecular formula is C18H25NO. The summed E-state index contributed by atoms with van der Waals surface area (Å²) in [6.45, 7) is 6.58. The van der Waals surface area contributed by atoms with Crippen molar-refractivity contribution in [1.82, 2.24) is 0 Å². The molecule has 0 spiro atoms. The minimum absolute atomic E-state index is 0.0613. The zero-order valence-corrected chi connectivity index (χ0v) is 13.0. The van der Waals surface area contributed by atoms with Crippen LogP contribution >= 0.6 is 0 Å². The maximum absolute atomic E-state index is 12.3. The van der Waals surface area contributed by atoms with Crippen LogP contribution in [0.1, 0.15) is 65.7 Å². The van der Waals surface area contributed by atoms with Crippen LogP contribution in [0.3, 0.4) is 0 Å². The first-order chi connectivity index (χ1) is 9.37. The lowest BCUT2D eigenvalue weighted by Gasteiger charge is -2.58. The molecule has 3 atom stereocenters. The van der Waals surface area contributed by atoms with Crippen molar-refractivity contribution in [3.63, 3.8) is 0 Å². The van der Waals surface area contributed by atoms with Gasteiger partial charge in [-0.3, -0.25) is 4.79 Å². The fraction of sp³-hybridized carbons (Fsp3) is 0.778. The molecule has 3 aliphatic carbocycles. The van der Waals surface area contributed by atoms with Gasteiger partial charge in [-0.05, 0) is 55.4 Å². The van der Waals surface area contributed by atoms with Crippen molar-refractivity contribution in [1.29, 1.82) is 5.26 Å². The number of carbonyl (C=O) groups excluding carboxylic acids is 1. The molecule has 0 radical (unpaired) electrons. The lowest BCUT2D eigenvalue weighted by atomic mass is 9.44. The maximum atomic E-state index is 12.3. The van der Waals surface area contributed by atoms with E-state index in [2.05, 4.69) is 32.9 Å². The van der Waals surface area contributed by atoms with Gasteiger partial charge < -0.3 is 0 Å². The Labute approximate surface area is 122 Å². The van der Waals surface area contributed by atoms with E-state index in [1.54, 1.807) is 0 Å². The predicted molar refractivity (Wildman–Crippen MR) is 78.8 cm³/mol. The third-order valence-electron chi connectivity index (χ3n) is 6.59. The molecule has 3 rings (SSSR count). The highest BCUT2D eigenvalue weighted by atomic mass is 16.1. The van der Waals surface area contributed by atoms with Crippen molar-refractivity contribution in [2.75, 3.05) is 0 Å². The van der Waals surface area contributed by atoms with E-state index in [4.69, 9.17) is 0 Å². The van der Waals surface area contributed by atoms with Gasteiger partial charge in [0.1, 0.15) is 5.78 Å². The molecule has 2 nitrogen and oxygen atoms in total. The molecule has 0 N–H and O–H groups in total. The fourth-order valence-corrected chi connectivity index (χ4v) is 5.44. The molecule has 20 heavy (non-hydrogen) atoms. The maximum Gasteiger partial charge on any atom is 0.138 e. The van der Waals surface area contributed by atoms with E-state index in [0.29, 0.717) is 18.1 Å². The lowest BCUT2D eigenvalue weighted by molar-refractivity contribution is -0.141. The molecule has 0 aromatic heterocycles. The summed E-state index contributed by atoms with van der Waals surface area (Å²) in [4.78, 5) is 12.3. The minimum Gasteiger partial charge on any atom is -0.299 e. The molecule has 0 saturated heterocycles. The van der Waals surface area contributed by atoms with Crippen LogP contribution in [0, 0.1) is 33.5 Å². The molecule has 2 heteroatoms. The molecule has 0 amide bonds. The molecular weight excluding hydrogens is 246 g/mol. The second-order valence-corrected chi connectivity index (χ2v) is 7.86. The van der Waals surface area contributed by atoms with Gasteiger partial charge in [-0.25, -0.2) is 0 Å². The Balaban J connectivity index is 2.10. The zero-order valence-electron chi connectivity index (χ0n) is 13.0. The van der Waals surface area contributed by atoms with Gasteiger partial charge >= 0.3 is 0 Å². The van der Waals surface area contributed by atoms with Gasteiger partial charge in [-0.1, -0.05) is 26.8 Å². The van der Waals surface area contributed by atoms with Crippen molar-refractivity contribution < 1.29 is 4.79 Å². The summed E-state index contributed by atoms with van der Waals surface area (Å²) in [5.41, 5.74) is 0.995. The number of hydrogen-bond donors (Lipinski definition) is 0. The second-order valence-electron chi connectivity index (χ2n) is 7.86. The molecule has 2 fully saturated rings. The number of carbonyl (C=O) groups is 1. The number of allylic oxidation sites excluding steroid dienone is 2.